The number of anilines is 1. The van der Waals surface area contributed by atoms with Crippen LogP contribution in [0.4, 0.5) is 5.69 Å². The number of carbonyl (C=O) groups is 2. The van der Waals surface area contributed by atoms with E-state index in [1.165, 1.54) is 5.56 Å². The zero-order chi connectivity index (χ0) is 17.2. The van der Waals surface area contributed by atoms with Crippen molar-refractivity contribution in [2.45, 2.75) is 13.3 Å². The maximum absolute atomic E-state index is 11.9. The molecule has 3 N–H and O–H groups in total. The third kappa shape index (κ3) is 5.76. The Bertz CT molecular complexity index is 671. The Morgan fingerprint density at radius 1 is 0.958 bits per heavy atom. The molecule has 0 aliphatic carbocycles. The van der Waals surface area contributed by atoms with E-state index < -0.39 is 0 Å². The Kier molecular flexibility index (Phi) is 6.83. The average Bonchev–Trinajstić information content (AvgIpc) is 2.61. The third-order valence-corrected chi connectivity index (χ3v) is 3.49. The van der Waals surface area contributed by atoms with Gasteiger partial charge in [0.2, 0.25) is 5.91 Å². The summed E-state index contributed by atoms with van der Waals surface area (Å²) in [6.45, 7) is 3.23. The zero-order valence-electron chi connectivity index (χ0n) is 13.8. The van der Waals surface area contributed by atoms with Crippen LogP contribution in [-0.2, 0) is 11.2 Å². The minimum absolute atomic E-state index is 0.0747. The molecule has 5 nitrogen and oxygen atoms in total. The summed E-state index contributed by atoms with van der Waals surface area (Å²) in [7, 11) is 0. The number of benzene rings is 2. The predicted octanol–water partition coefficient (Wildman–Crippen LogP) is 2.21. The van der Waals surface area contributed by atoms with Gasteiger partial charge in [-0.2, -0.15) is 0 Å². The van der Waals surface area contributed by atoms with Crippen molar-refractivity contribution in [3.05, 3.63) is 65.7 Å². The molecule has 2 aromatic rings. The summed E-state index contributed by atoms with van der Waals surface area (Å²) in [5.74, 6) is -0.192. The summed E-state index contributed by atoms with van der Waals surface area (Å²) in [6, 6.07) is 17.1. The lowest BCUT2D eigenvalue weighted by atomic mass is 10.1. The van der Waals surface area contributed by atoms with Crippen molar-refractivity contribution in [1.82, 2.24) is 10.6 Å². The SMILES string of the molecule is CCNC(=O)c1cccc(NCC(=O)NCCc2ccccc2)c1. The normalized spacial score (nSPS) is 10.0. The lowest BCUT2D eigenvalue weighted by Crippen LogP contribution is -2.31. The molecule has 24 heavy (non-hydrogen) atoms. The van der Waals surface area contributed by atoms with E-state index in [4.69, 9.17) is 0 Å². The molecule has 2 aromatic carbocycles. The van der Waals surface area contributed by atoms with Crippen molar-refractivity contribution in [3.63, 3.8) is 0 Å². The molecule has 2 rings (SSSR count). The average molecular weight is 325 g/mol. The molecule has 0 heterocycles. The van der Waals surface area contributed by atoms with Gasteiger partial charge in [0.25, 0.3) is 5.91 Å². The monoisotopic (exact) mass is 325 g/mol. The van der Waals surface area contributed by atoms with Crippen molar-refractivity contribution in [1.29, 1.82) is 0 Å². The first-order valence-electron chi connectivity index (χ1n) is 8.12. The molecule has 0 radical (unpaired) electrons. The molecule has 0 aliphatic heterocycles. The first-order chi connectivity index (χ1) is 11.7. The summed E-state index contributed by atoms with van der Waals surface area (Å²) in [4.78, 5) is 23.7. The van der Waals surface area contributed by atoms with Crippen LogP contribution in [0.15, 0.2) is 54.6 Å². The highest BCUT2D eigenvalue weighted by atomic mass is 16.2. The van der Waals surface area contributed by atoms with E-state index in [0.29, 0.717) is 18.7 Å². The number of hydrogen-bond donors (Lipinski definition) is 3. The van der Waals surface area contributed by atoms with Crippen LogP contribution in [0.2, 0.25) is 0 Å². The molecule has 0 atom stereocenters. The largest absolute Gasteiger partial charge is 0.376 e. The Morgan fingerprint density at radius 3 is 2.50 bits per heavy atom. The van der Waals surface area contributed by atoms with Gasteiger partial charge in [-0.1, -0.05) is 36.4 Å². The van der Waals surface area contributed by atoms with E-state index in [0.717, 1.165) is 12.1 Å². The van der Waals surface area contributed by atoms with Gasteiger partial charge in [0.15, 0.2) is 0 Å². The maximum Gasteiger partial charge on any atom is 0.251 e. The number of amides is 2. The molecule has 0 bridgehead atoms. The zero-order valence-corrected chi connectivity index (χ0v) is 13.8. The predicted molar refractivity (Wildman–Crippen MR) is 96.1 cm³/mol. The number of hydrogen-bond acceptors (Lipinski definition) is 3. The van der Waals surface area contributed by atoms with Gasteiger partial charge in [-0.15, -0.1) is 0 Å². The topological polar surface area (TPSA) is 70.2 Å². The van der Waals surface area contributed by atoms with Crippen molar-refractivity contribution < 1.29 is 9.59 Å². The van der Waals surface area contributed by atoms with E-state index in [1.54, 1.807) is 18.2 Å². The highest BCUT2D eigenvalue weighted by Gasteiger charge is 2.06. The van der Waals surface area contributed by atoms with E-state index in [1.807, 2.05) is 43.3 Å². The fourth-order valence-electron chi connectivity index (χ4n) is 2.27. The van der Waals surface area contributed by atoms with Crippen LogP contribution in [0.3, 0.4) is 0 Å². The first-order valence-corrected chi connectivity index (χ1v) is 8.12. The van der Waals surface area contributed by atoms with E-state index in [2.05, 4.69) is 16.0 Å². The van der Waals surface area contributed by atoms with Crippen molar-refractivity contribution in [3.8, 4) is 0 Å². The number of carbonyl (C=O) groups excluding carboxylic acids is 2. The standard InChI is InChI=1S/C19H23N3O2/c1-2-20-19(24)16-9-6-10-17(13-16)22-14-18(23)21-12-11-15-7-4-3-5-8-15/h3-10,13,22H,2,11-12,14H2,1H3,(H,20,24)(H,21,23). The second-order valence-corrected chi connectivity index (χ2v) is 5.38. The van der Waals surface area contributed by atoms with E-state index >= 15 is 0 Å². The minimum atomic E-state index is -0.117. The van der Waals surface area contributed by atoms with Gasteiger partial charge in [-0.05, 0) is 37.1 Å². The van der Waals surface area contributed by atoms with Crippen LogP contribution < -0.4 is 16.0 Å². The highest BCUT2D eigenvalue weighted by molar-refractivity contribution is 5.95. The van der Waals surface area contributed by atoms with E-state index in [-0.39, 0.29) is 18.4 Å². The molecule has 0 aliphatic rings. The maximum atomic E-state index is 11.9. The molecule has 126 valence electrons. The molecule has 0 saturated carbocycles. The first kappa shape index (κ1) is 17.5. The molecule has 0 spiro atoms. The van der Waals surface area contributed by atoms with Crippen LogP contribution in [0, 0.1) is 0 Å². The Labute approximate surface area is 142 Å². The summed E-state index contributed by atoms with van der Waals surface area (Å²) in [5.41, 5.74) is 2.52. The smallest absolute Gasteiger partial charge is 0.251 e. The number of nitrogens with one attached hydrogen (secondary N) is 3. The van der Waals surface area contributed by atoms with Crippen LogP contribution in [0.1, 0.15) is 22.8 Å². The Morgan fingerprint density at radius 2 is 1.75 bits per heavy atom. The molecular formula is C19H23N3O2. The second-order valence-electron chi connectivity index (χ2n) is 5.38. The lowest BCUT2D eigenvalue weighted by molar-refractivity contribution is -0.119. The Hall–Kier alpha value is -2.82. The molecule has 0 saturated heterocycles. The minimum Gasteiger partial charge on any atom is -0.376 e. The van der Waals surface area contributed by atoms with Crippen molar-refractivity contribution in [2.75, 3.05) is 25.0 Å². The quantitative estimate of drug-likeness (QED) is 0.697. The van der Waals surface area contributed by atoms with Gasteiger partial charge in [-0.3, -0.25) is 9.59 Å². The second kappa shape index (κ2) is 9.35. The van der Waals surface area contributed by atoms with Crippen LogP contribution >= 0.6 is 0 Å². The van der Waals surface area contributed by atoms with Gasteiger partial charge in [-0.25, -0.2) is 0 Å². The van der Waals surface area contributed by atoms with Crippen LogP contribution in [0.25, 0.3) is 0 Å². The van der Waals surface area contributed by atoms with Crippen molar-refractivity contribution >= 4 is 17.5 Å². The van der Waals surface area contributed by atoms with Gasteiger partial charge in [0.05, 0.1) is 6.54 Å². The molecule has 2 amide bonds. The fourth-order valence-corrected chi connectivity index (χ4v) is 2.27. The summed E-state index contributed by atoms with van der Waals surface area (Å²) >= 11 is 0. The third-order valence-electron chi connectivity index (χ3n) is 3.49. The van der Waals surface area contributed by atoms with Gasteiger partial charge >= 0.3 is 0 Å². The molecule has 0 aromatic heterocycles. The van der Waals surface area contributed by atoms with Gasteiger partial charge in [0, 0.05) is 24.3 Å². The molecule has 0 unspecified atom stereocenters. The molecule has 5 heteroatoms. The van der Waals surface area contributed by atoms with Crippen molar-refractivity contribution in [2.24, 2.45) is 0 Å². The van der Waals surface area contributed by atoms with Gasteiger partial charge < -0.3 is 16.0 Å². The summed E-state index contributed by atoms with van der Waals surface area (Å²) in [6.07, 6.45) is 0.805. The van der Waals surface area contributed by atoms with Crippen LogP contribution in [-0.4, -0.2) is 31.4 Å². The lowest BCUT2D eigenvalue weighted by Gasteiger charge is -2.09. The van der Waals surface area contributed by atoms with Gasteiger partial charge in [0.1, 0.15) is 0 Å². The summed E-state index contributed by atoms with van der Waals surface area (Å²) in [5, 5.41) is 8.67. The molecular weight excluding hydrogens is 302 g/mol. The van der Waals surface area contributed by atoms with Crippen LogP contribution in [0.5, 0.6) is 0 Å². The molecule has 0 fully saturated rings. The summed E-state index contributed by atoms with van der Waals surface area (Å²) < 4.78 is 0. The Balaban J connectivity index is 1.75. The highest BCUT2D eigenvalue weighted by Crippen LogP contribution is 2.10. The van der Waals surface area contributed by atoms with E-state index in [9.17, 15) is 9.59 Å². The fraction of sp³-hybridized carbons (Fsp3) is 0.263. The number of rotatable bonds is 8.